The molecule has 0 bridgehead atoms. The quantitative estimate of drug-likeness (QED) is 0.700. The van der Waals surface area contributed by atoms with Crippen molar-refractivity contribution < 1.29 is 9.18 Å². The lowest BCUT2D eigenvalue weighted by molar-refractivity contribution is 0.0922. The number of hydrogen-bond acceptors (Lipinski definition) is 1. The van der Waals surface area contributed by atoms with Gasteiger partial charge in [-0.3, -0.25) is 4.79 Å². The first-order valence-corrected chi connectivity index (χ1v) is 5.55. The van der Waals surface area contributed by atoms with Gasteiger partial charge < -0.3 is 0 Å². The molecular weight excluding hydrogens is 215 g/mol. The molecule has 0 heterocycles. The van der Waals surface area contributed by atoms with Crippen LogP contribution in [0.15, 0.2) is 18.2 Å². The van der Waals surface area contributed by atoms with Gasteiger partial charge in [-0.15, -0.1) is 0 Å². The van der Waals surface area contributed by atoms with Gasteiger partial charge in [0.15, 0.2) is 5.78 Å². The molecule has 1 nitrogen and oxygen atoms in total. The van der Waals surface area contributed by atoms with Gasteiger partial charge in [-0.05, 0) is 31.0 Å². The predicted molar refractivity (Wildman–Crippen MR) is 57.7 cm³/mol. The van der Waals surface area contributed by atoms with E-state index >= 15 is 0 Å². The van der Waals surface area contributed by atoms with Gasteiger partial charge in [0.2, 0.25) is 0 Å². The number of halogens is 2. The fraction of sp³-hybridized carbons (Fsp3) is 0.417. The minimum atomic E-state index is -0.441. The molecule has 1 fully saturated rings. The number of Topliss-reactive ketones (excluding diaryl/α,β-unsaturated/α-hetero) is 1. The van der Waals surface area contributed by atoms with Crippen molar-refractivity contribution in [1.29, 1.82) is 0 Å². The molecule has 1 aliphatic carbocycles. The molecule has 0 saturated heterocycles. The number of benzene rings is 1. The monoisotopic (exact) mass is 226 g/mol. The lowest BCUT2D eigenvalue weighted by atomic mass is 9.96. The second kappa shape index (κ2) is 4.31. The topological polar surface area (TPSA) is 17.1 Å². The Morgan fingerprint density at radius 1 is 1.27 bits per heavy atom. The highest BCUT2D eigenvalue weighted by molar-refractivity contribution is 6.31. The third-order valence-electron chi connectivity index (χ3n) is 2.87. The maximum atomic E-state index is 13.0. The number of carbonyl (C=O) groups excluding carboxylic acids is 1. The first-order valence-electron chi connectivity index (χ1n) is 5.17. The second-order valence-electron chi connectivity index (χ2n) is 4.00. The van der Waals surface area contributed by atoms with Crippen molar-refractivity contribution in [1.82, 2.24) is 0 Å². The second-order valence-corrected chi connectivity index (χ2v) is 4.44. The molecule has 0 unspecified atom stereocenters. The van der Waals surface area contributed by atoms with Crippen molar-refractivity contribution in [2.24, 2.45) is 5.92 Å². The van der Waals surface area contributed by atoms with E-state index in [9.17, 15) is 9.18 Å². The van der Waals surface area contributed by atoms with Crippen LogP contribution in [0, 0.1) is 11.7 Å². The van der Waals surface area contributed by atoms with Crippen LogP contribution in [-0.4, -0.2) is 5.78 Å². The average molecular weight is 227 g/mol. The minimum Gasteiger partial charge on any atom is -0.294 e. The Kier molecular flexibility index (Phi) is 3.06. The van der Waals surface area contributed by atoms with Gasteiger partial charge in [0, 0.05) is 16.5 Å². The Morgan fingerprint density at radius 3 is 2.53 bits per heavy atom. The third kappa shape index (κ3) is 2.37. The summed E-state index contributed by atoms with van der Waals surface area (Å²) in [6.07, 6.45) is 4.04. The summed E-state index contributed by atoms with van der Waals surface area (Å²) in [6, 6.07) is 4.03. The largest absolute Gasteiger partial charge is 0.294 e. The van der Waals surface area contributed by atoms with Gasteiger partial charge in [0.1, 0.15) is 5.82 Å². The first kappa shape index (κ1) is 10.6. The average Bonchev–Trinajstić information content (AvgIpc) is 2.67. The summed E-state index contributed by atoms with van der Waals surface area (Å²) in [5.41, 5.74) is 0.409. The Labute approximate surface area is 93.2 Å². The van der Waals surface area contributed by atoms with E-state index in [4.69, 9.17) is 11.6 Å². The minimum absolute atomic E-state index is 0.0360. The van der Waals surface area contributed by atoms with Crippen LogP contribution in [0.1, 0.15) is 36.0 Å². The highest BCUT2D eigenvalue weighted by Crippen LogP contribution is 2.29. The molecule has 15 heavy (non-hydrogen) atoms. The number of hydrogen-bond donors (Lipinski definition) is 0. The van der Waals surface area contributed by atoms with E-state index in [-0.39, 0.29) is 16.7 Å². The molecule has 0 spiro atoms. The Balaban J connectivity index is 2.24. The van der Waals surface area contributed by atoms with Crippen LogP contribution in [-0.2, 0) is 0 Å². The zero-order valence-electron chi connectivity index (χ0n) is 8.30. The molecule has 0 radical (unpaired) electrons. The summed E-state index contributed by atoms with van der Waals surface area (Å²) in [5, 5.41) is 0.288. The van der Waals surface area contributed by atoms with Gasteiger partial charge in [-0.2, -0.15) is 0 Å². The van der Waals surface area contributed by atoms with Crippen molar-refractivity contribution in [2.45, 2.75) is 25.7 Å². The molecule has 0 aliphatic heterocycles. The molecule has 0 atom stereocenters. The molecule has 0 aromatic heterocycles. The zero-order chi connectivity index (χ0) is 10.8. The molecule has 1 saturated carbocycles. The van der Waals surface area contributed by atoms with Gasteiger partial charge in [-0.1, -0.05) is 24.4 Å². The normalized spacial score (nSPS) is 16.9. The lowest BCUT2D eigenvalue weighted by Crippen LogP contribution is -2.11. The summed E-state index contributed by atoms with van der Waals surface area (Å²) in [5.74, 6) is -0.333. The van der Waals surface area contributed by atoms with Crippen molar-refractivity contribution >= 4 is 17.4 Å². The lowest BCUT2D eigenvalue weighted by Gasteiger charge is -2.08. The van der Waals surface area contributed by atoms with Crippen molar-refractivity contribution in [3.05, 3.63) is 34.6 Å². The summed E-state index contributed by atoms with van der Waals surface area (Å²) < 4.78 is 13.0. The summed E-state index contributed by atoms with van der Waals surface area (Å²) in [6.45, 7) is 0. The molecule has 1 aromatic carbocycles. The smallest absolute Gasteiger partial charge is 0.166 e. The Bertz CT molecular complexity index is 363. The van der Waals surface area contributed by atoms with Crippen LogP contribution < -0.4 is 0 Å². The molecule has 2 rings (SSSR count). The summed E-state index contributed by atoms with van der Waals surface area (Å²) in [4.78, 5) is 11.9. The van der Waals surface area contributed by atoms with Gasteiger partial charge in [-0.25, -0.2) is 4.39 Å². The van der Waals surface area contributed by atoms with Crippen LogP contribution >= 0.6 is 11.6 Å². The molecule has 3 heteroatoms. The van der Waals surface area contributed by atoms with Crippen molar-refractivity contribution in [3.8, 4) is 0 Å². The van der Waals surface area contributed by atoms with Crippen LogP contribution in [0.5, 0.6) is 0 Å². The molecule has 0 N–H and O–H groups in total. The Morgan fingerprint density at radius 2 is 1.93 bits per heavy atom. The fourth-order valence-electron chi connectivity index (χ4n) is 2.12. The fourth-order valence-corrected chi connectivity index (χ4v) is 2.34. The van der Waals surface area contributed by atoms with E-state index < -0.39 is 5.82 Å². The molecule has 80 valence electrons. The number of ketones is 1. The predicted octanol–water partition coefficient (Wildman–Crippen LogP) is 3.85. The zero-order valence-corrected chi connectivity index (χ0v) is 9.06. The van der Waals surface area contributed by atoms with Gasteiger partial charge >= 0.3 is 0 Å². The van der Waals surface area contributed by atoms with Crippen LogP contribution in [0.3, 0.4) is 0 Å². The first-order chi connectivity index (χ1) is 7.16. The number of rotatable bonds is 2. The maximum absolute atomic E-state index is 13.0. The SMILES string of the molecule is O=C(c1cc(F)cc(Cl)c1)C1CCCC1. The van der Waals surface area contributed by atoms with Crippen molar-refractivity contribution in [2.75, 3.05) is 0 Å². The molecular formula is C12H12ClFO. The van der Waals surface area contributed by atoms with Crippen LogP contribution in [0.2, 0.25) is 5.02 Å². The van der Waals surface area contributed by atoms with Gasteiger partial charge in [0.25, 0.3) is 0 Å². The molecule has 0 amide bonds. The van der Waals surface area contributed by atoms with E-state index in [1.54, 1.807) is 6.07 Å². The summed E-state index contributed by atoms with van der Waals surface area (Å²) >= 11 is 5.71. The van der Waals surface area contributed by atoms with E-state index in [0.717, 1.165) is 25.7 Å². The van der Waals surface area contributed by atoms with Crippen LogP contribution in [0.25, 0.3) is 0 Å². The van der Waals surface area contributed by atoms with Crippen molar-refractivity contribution in [3.63, 3.8) is 0 Å². The standard InChI is InChI=1S/C12H12ClFO/c13-10-5-9(6-11(14)7-10)12(15)8-3-1-2-4-8/h5-8H,1-4H2. The van der Waals surface area contributed by atoms with Crippen LogP contribution in [0.4, 0.5) is 4.39 Å². The molecule has 1 aliphatic rings. The van der Waals surface area contributed by atoms with E-state index in [2.05, 4.69) is 0 Å². The third-order valence-corrected chi connectivity index (χ3v) is 3.09. The van der Waals surface area contributed by atoms with E-state index in [1.807, 2.05) is 0 Å². The van der Waals surface area contributed by atoms with E-state index in [1.165, 1.54) is 12.1 Å². The summed E-state index contributed by atoms with van der Waals surface area (Å²) in [7, 11) is 0. The highest BCUT2D eigenvalue weighted by atomic mass is 35.5. The Hall–Kier alpha value is -0.890. The van der Waals surface area contributed by atoms with E-state index in [0.29, 0.717) is 5.56 Å². The maximum Gasteiger partial charge on any atom is 0.166 e. The van der Waals surface area contributed by atoms with Gasteiger partial charge in [0.05, 0.1) is 0 Å². The highest BCUT2D eigenvalue weighted by Gasteiger charge is 2.24. The number of carbonyl (C=O) groups is 1. The molecule has 1 aromatic rings.